The first-order chi connectivity index (χ1) is 9.69. The van der Waals surface area contributed by atoms with Gasteiger partial charge in [-0.2, -0.15) is 0 Å². The van der Waals surface area contributed by atoms with E-state index in [1.54, 1.807) is 18.2 Å². The summed E-state index contributed by atoms with van der Waals surface area (Å²) in [5.41, 5.74) is 6.17. The summed E-state index contributed by atoms with van der Waals surface area (Å²) in [6.45, 7) is 0.699. The number of imide groups is 1. The highest BCUT2D eigenvalue weighted by Gasteiger charge is 2.34. The van der Waals surface area contributed by atoms with Gasteiger partial charge in [0.2, 0.25) is 6.79 Å². The van der Waals surface area contributed by atoms with Crippen LogP contribution in [0.4, 0.5) is 4.79 Å². The average Bonchev–Trinajstić information content (AvgIpc) is 2.99. The van der Waals surface area contributed by atoms with Crippen LogP contribution in [0, 0.1) is 0 Å². The van der Waals surface area contributed by atoms with E-state index >= 15 is 0 Å². The molecule has 2 aliphatic heterocycles. The predicted octanol–water partition coefficient (Wildman–Crippen LogP) is -1.59. The Labute approximate surface area is 131 Å². The number of halogens is 1. The average molecular weight is 328 g/mol. The van der Waals surface area contributed by atoms with Crippen molar-refractivity contribution in [2.75, 3.05) is 19.9 Å². The van der Waals surface area contributed by atoms with Gasteiger partial charge in [-0.25, -0.2) is 0 Å². The van der Waals surface area contributed by atoms with Crippen molar-refractivity contribution in [1.82, 2.24) is 4.90 Å². The summed E-state index contributed by atoms with van der Waals surface area (Å²) in [6.07, 6.45) is 1.67. The van der Waals surface area contributed by atoms with Gasteiger partial charge in [-0.1, -0.05) is 6.07 Å². The standard InChI is InChI=1S/C13H12N2O4S.ClH/c14-3-4-15-12(16)11(20-13(15)17)6-8-1-2-9-10(5-8)19-7-18-9;/h1-2,5-6H,3-4,7,14H2;1H/p-1/b11-6-;. The van der Waals surface area contributed by atoms with E-state index in [2.05, 4.69) is 0 Å². The molecule has 1 fully saturated rings. The van der Waals surface area contributed by atoms with Crippen LogP contribution in [-0.2, 0) is 4.79 Å². The van der Waals surface area contributed by atoms with Crippen molar-refractivity contribution in [1.29, 1.82) is 0 Å². The lowest BCUT2D eigenvalue weighted by atomic mass is 10.2. The Kier molecular flexibility index (Phi) is 4.76. The van der Waals surface area contributed by atoms with E-state index in [0.29, 0.717) is 16.4 Å². The first kappa shape index (κ1) is 15.7. The summed E-state index contributed by atoms with van der Waals surface area (Å²) in [4.78, 5) is 25.3. The topological polar surface area (TPSA) is 81.9 Å². The molecule has 2 aliphatic rings. The molecule has 6 nitrogen and oxygen atoms in total. The van der Waals surface area contributed by atoms with Crippen molar-refractivity contribution in [2.45, 2.75) is 0 Å². The lowest BCUT2D eigenvalue weighted by molar-refractivity contribution is -0.122. The summed E-state index contributed by atoms with van der Waals surface area (Å²) in [6, 6.07) is 5.36. The number of rotatable bonds is 3. The van der Waals surface area contributed by atoms with Crippen LogP contribution >= 0.6 is 11.8 Å². The van der Waals surface area contributed by atoms with Crippen molar-refractivity contribution in [3.8, 4) is 11.5 Å². The fourth-order valence-electron chi connectivity index (χ4n) is 1.98. The Hall–Kier alpha value is -1.70. The third-order valence-electron chi connectivity index (χ3n) is 2.92. The molecule has 3 rings (SSSR count). The van der Waals surface area contributed by atoms with Gasteiger partial charge >= 0.3 is 0 Å². The smallest absolute Gasteiger partial charge is 0.293 e. The predicted molar refractivity (Wildman–Crippen MR) is 74.3 cm³/mol. The minimum Gasteiger partial charge on any atom is -1.00 e. The summed E-state index contributed by atoms with van der Waals surface area (Å²) < 4.78 is 10.5. The molecule has 1 saturated heterocycles. The molecular formula is C13H12ClN2O4S-. The van der Waals surface area contributed by atoms with Crippen molar-refractivity contribution in [2.24, 2.45) is 5.73 Å². The number of carbonyl (C=O) groups excluding carboxylic acids is 2. The first-order valence-corrected chi connectivity index (χ1v) is 6.86. The molecule has 0 aliphatic carbocycles. The van der Waals surface area contributed by atoms with Gasteiger partial charge in [0.25, 0.3) is 11.1 Å². The lowest BCUT2D eigenvalue weighted by Gasteiger charge is -2.09. The van der Waals surface area contributed by atoms with Crippen molar-refractivity contribution in [3.05, 3.63) is 28.7 Å². The summed E-state index contributed by atoms with van der Waals surface area (Å²) in [5.74, 6) is 1.02. The van der Waals surface area contributed by atoms with E-state index in [1.165, 1.54) is 0 Å². The molecule has 0 bridgehead atoms. The fraction of sp³-hybridized carbons (Fsp3) is 0.231. The molecule has 0 spiro atoms. The lowest BCUT2D eigenvalue weighted by Crippen LogP contribution is -3.00. The van der Waals surface area contributed by atoms with Crippen LogP contribution < -0.4 is 27.6 Å². The number of hydrogen-bond donors (Lipinski definition) is 1. The second-order valence-electron chi connectivity index (χ2n) is 4.23. The zero-order chi connectivity index (χ0) is 14.1. The van der Waals surface area contributed by atoms with E-state index in [9.17, 15) is 9.59 Å². The largest absolute Gasteiger partial charge is 1.00 e. The quantitative estimate of drug-likeness (QED) is 0.674. The van der Waals surface area contributed by atoms with Gasteiger partial charge in [-0.15, -0.1) is 0 Å². The molecule has 2 amide bonds. The number of amides is 2. The van der Waals surface area contributed by atoms with Crippen LogP contribution in [0.15, 0.2) is 23.1 Å². The second kappa shape index (κ2) is 6.38. The fourth-order valence-corrected chi connectivity index (χ4v) is 2.84. The Balaban J connectivity index is 0.00000161. The van der Waals surface area contributed by atoms with Crippen molar-refractivity contribution in [3.63, 3.8) is 0 Å². The maximum Gasteiger partial charge on any atom is 0.293 e. The Morgan fingerprint density at radius 2 is 2.05 bits per heavy atom. The first-order valence-electron chi connectivity index (χ1n) is 6.04. The number of thioether (sulfide) groups is 1. The third kappa shape index (κ3) is 2.99. The number of fused-ring (bicyclic) bond motifs is 1. The summed E-state index contributed by atoms with van der Waals surface area (Å²) >= 11 is 0.921. The maximum absolute atomic E-state index is 12.0. The van der Waals surface area contributed by atoms with E-state index in [0.717, 1.165) is 22.2 Å². The number of hydrogen-bond acceptors (Lipinski definition) is 6. The van der Waals surface area contributed by atoms with Crippen LogP contribution in [0.5, 0.6) is 11.5 Å². The van der Waals surface area contributed by atoms with Crippen LogP contribution in [0.2, 0.25) is 0 Å². The monoisotopic (exact) mass is 327 g/mol. The highest BCUT2D eigenvalue weighted by Crippen LogP contribution is 2.36. The highest BCUT2D eigenvalue weighted by molar-refractivity contribution is 8.18. The number of ether oxygens (including phenoxy) is 2. The van der Waals surface area contributed by atoms with Crippen LogP contribution in [0.1, 0.15) is 5.56 Å². The van der Waals surface area contributed by atoms with Gasteiger partial charge in [-0.3, -0.25) is 14.5 Å². The maximum atomic E-state index is 12.0. The van der Waals surface area contributed by atoms with E-state index in [1.807, 2.05) is 6.07 Å². The highest BCUT2D eigenvalue weighted by atomic mass is 35.5. The molecule has 2 heterocycles. The van der Waals surface area contributed by atoms with Crippen LogP contribution in [-0.4, -0.2) is 35.9 Å². The molecule has 1 aromatic rings. The van der Waals surface area contributed by atoms with E-state index in [4.69, 9.17) is 15.2 Å². The van der Waals surface area contributed by atoms with Gasteiger partial charge in [-0.05, 0) is 35.5 Å². The van der Waals surface area contributed by atoms with Gasteiger partial charge in [0, 0.05) is 13.1 Å². The van der Waals surface area contributed by atoms with Gasteiger partial charge in [0.15, 0.2) is 11.5 Å². The molecule has 0 radical (unpaired) electrons. The molecule has 112 valence electrons. The molecule has 0 unspecified atom stereocenters. The molecule has 8 heteroatoms. The molecule has 0 aromatic heterocycles. The zero-order valence-corrected chi connectivity index (χ0v) is 12.4. The van der Waals surface area contributed by atoms with Gasteiger partial charge < -0.3 is 27.6 Å². The third-order valence-corrected chi connectivity index (χ3v) is 3.83. The van der Waals surface area contributed by atoms with Crippen molar-refractivity contribution >= 4 is 29.0 Å². The molecule has 2 N–H and O–H groups in total. The molecular weight excluding hydrogens is 316 g/mol. The number of nitrogens with zero attached hydrogens (tertiary/aromatic N) is 1. The Morgan fingerprint density at radius 3 is 2.81 bits per heavy atom. The van der Waals surface area contributed by atoms with Crippen LogP contribution in [0.25, 0.3) is 6.08 Å². The Morgan fingerprint density at radius 1 is 1.29 bits per heavy atom. The number of benzene rings is 1. The van der Waals surface area contributed by atoms with E-state index < -0.39 is 0 Å². The summed E-state index contributed by atoms with van der Waals surface area (Å²) in [7, 11) is 0. The minimum atomic E-state index is -0.303. The van der Waals surface area contributed by atoms with Gasteiger partial charge in [0.05, 0.1) is 4.91 Å². The van der Waals surface area contributed by atoms with Gasteiger partial charge in [0.1, 0.15) is 0 Å². The number of nitrogens with two attached hydrogens (primary N) is 1. The minimum absolute atomic E-state index is 0. The second-order valence-corrected chi connectivity index (χ2v) is 5.23. The molecule has 21 heavy (non-hydrogen) atoms. The number of carbonyl (C=O) groups is 2. The zero-order valence-electron chi connectivity index (χ0n) is 10.9. The molecule has 0 saturated carbocycles. The SMILES string of the molecule is NCCN1C(=O)S/C(=C\c2ccc3c(c2)OCO3)C1=O.[Cl-]. The molecule has 1 aromatic carbocycles. The van der Waals surface area contributed by atoms with Crippen molar-refractivity contribution < 1.29 is 31.5 Å². The normalized spacial score (nSPS) is 18.3. The van der Waals surface area contributed by atoms with Crippen LogP contribution in [0.3, 0.4) is 0 Å². The molecule has 0 atom stereocenters. The Bertz CT molecular complexity index is 620. The summed E-state index contributed by atoms with van der Waals surface area (Å²) in [5, 5.41) is -0.285. The van der Waals surface area contributed by atoms with E-state index in [-0.39, 0.29) is 43.4 Å².